The summed E-state index contributed by atoms with van der Waals surface area (Å²) >= 11 is 3.96. The molecule has 1 N–H and O–H groups in total. The van der Waals surface area contributed by atoms with Crippen LogP contribution in [0.1, 0.15) is 84.0 Å². The predicted octanol–water partition coefficient (Wildman–Crippen LogP) is 6.05. The molecule has 1 atom stereocenters. The summed E-state index contributed by atoms with van der Waals surface area (Å²) in [5, 5.41) is 9.01. The molecule has 2 heteroatoms. The Hall–Kier alpha value is -0.210. The van der Waals surface area contributed by atoms with Crippen LogP contribution in [0.4, 0.5) is 0 Å². The van der Waals surface area contributed by atoms with Crippen LogP contribution in [0, 0.1) is 0 Å². The molecule has 0 fully saturated rings. The monoisotopic (exact) mass is 298 g/mol. The molecule has 0 aliphatic carbocycles. The highest BCUT2D eigenvalue weighted by Crippen LogP contribution is 2.10. The number of aliphatic hydroxyl groups excluding tert-OH is 1. The minimum absolute atomic E-state index is 0.423. The topological polar surface area (TPSA) is 20.2 Å². The van der Waals surface area contributed by atoms with Gasteiger partial charge in [0.05, 0.1) is 5.44 Å². The van der Waals surface area contributed by atoms with Crippen LogP contribution in [0.25, 0.3) is 0 Å². The molecule has 0 aliphatic rings. The smallest absolute Gasteiger partial charge is 0.0964 e. The van der Waals surface area contributed by atoms with Crippen LogP contribution < -0.4 is 0 Å². The van der Waals surface area contributed by atoms with Crippen LogP contribution in [0.3, 0.4) is 0 Å². The Kier molecular flexibility index (Phi) is 16.7. The maximum atomic E-state index is 9.01. The largest absolute Gasteiger partial charge is 0.383 e. The van der Waals surface area contributed by atoms with Crippen LogP contribution >= 0.6 is 12.6 Å². The summed E-state index contributed by atoms with van der Waals surface area (Å²) in [4.78, 5) is 0. The maximum absolute atomic E-state index is 9.01. The number of unbranched alkanes of at least 4 members (excludes halogenated alkanes) is 8. The Morgan fingerprint density at radius 3 is 1.95 bits per heavy atom. The van der Waals surface area contributed by atoms with Crippen molar-refractivity contribution >= 4 is 12.6 Å². The average molecular weight is 299 g/mol. The maximum Gasteiger partial charge on any atom is 0.0964 e. The Bertz CT molecular complexity index is 234. The third-order valence-corrected chi connectivity index (χ3v) is 3.67. The number of allylic oxidation sites excluding steroid dienone is 4. The van der Waals surface area contributed by atoms with Gasteiger partial charge in [-0.15, -0.1) is 12.6 Å². The lowest BCUT2D eigenvalue weighted by atomic mass is 10.1. The number of rotatable bonds is 14. The zero-order valence-electron chi connectivity index (χ0n) is 13.3. The van der Waals surface area contributed by atoms with Gasteiger partial charge in [-0.05, 0) is 38.5 Å². The van der Waals surface area contributed by atoms with Gasteiger partial charge in [-0.3, -0.25) is 0 Å². The van der Waals surface area contributed by atoms with Gasteiger partial charge in [-0.2, -0.15) is 0 Å². The van der Waals surface area contributed by atoms with Crippen LogP contribution in [-0.4, -0.2) is 10.5 Å². The van der Waals surface area contributed by atoms with Gasteiger partial charge in [0.1, 0.15) is 0 Å². The van der Waals surface area contributed by atoms with Crippen LogP contribution in [-0.2, 0) is 0 Å². The van der Waals surface area contributed by atoms with Crippen LogP contribution in [0.5, 0.6) is 0 Å². The molecule has 20 heavy (non-hydrogen) atoms. The highest BCUT2D eigenvalue weighted by molar-refractivity contribution is 7.80. The van der Waals surface area contributed by atoms with Gasteiger partial charge in [-0.1, -0.05) is 69.8 Å². The molecule has 0 heterocycles. The first-order valence-corrected chi connectivity index (χ1v) is 8.95. The van der Waals surface area contributed by atoms with Crippen molar-refractivity contribution in [1.82, 2.24) is 0 Å². The fourth-order valence-electron chi connectivity index (χ4n) is 2.14. The molecule has 0 saturated heterocycles. The second-order valence-electron chi connectivity index (χ2n) is 5.50. The zero-order valence-corrected chi connectivity index (χ0v) is 14.2. The molecule has 0 spiro atoms. The van der Waals surface area contributed by atoms with E-state index in [1.165, 1.54) is 57.8 Å². The summed E-state index contributed by atoms with van der Waals surface area (Å²) in [7, 11) is 0. The van der Waals surface area contributed by atoms with Gasteiger partial charge in [0.2, 0.25) is 0 Å². The number of hydrogen-bond donors (Lipinski definition) is 2. The molecular formula is C18H34OS. The first-order chi connectivity index (χ1) is 9.77. The molecule has 118 valence electrons. The third-order valence-electron chi connectivity index (χ3n) is 3.41. The average Bonchev–Trinajstić information content (AvgIpc) is 2.43. The summed E-state index contributed by atoms with van der Waals surface area (Å²) in [5.41, 5.74) is -0.423. The summed E-state index contributed by atoms with van der Waals surface area (Å²) in [6, 6.07) is 0. The predicted molar refractivity (Wildman–Crippen MR) is 94.4 cm³/mol. The van der Waals surface area contributed by atoms with E-state index in [1.807, 2.05) is 0 Å². The van der Waals surface area contributed by atoms with E-state index in [1.54, 1.807) is 0 Å². The first-order valence-electron chi connectivity index (χ1n) is 8.43. The lowest BCUT2D eigenvalue weighted by Crippen LogP contribution is -1.94. The Labute approximate surface area is 132 Å². The van der Waals surface area contributed by atoms with Crippen molar-refractivity contribution in [3.8, 4) is 0 Å². The molecule has 0 aliphatic heterocycles. The van der Waals surface area contributed by atoms with Gasteiger partial charge < -0.3 is 5.11 Å². The molecule has 0 amide bonds. The van der Waals surface area contributed by atoms with Crippen LogP contribution in [0.2, 0.25) is 0 Å². The quantitative estimate of drug-likeness (QED) is 0.173. The summed E-state index contributed by atoms with van der Waals surface area (Å²) < 4.78 is 0. The number of aliphatic hydroxyl groups is 1. The van der Waals surface area contributed by atoms with E-state index in [0.29, 0.717) is 0 Å². The van der Waals surface area contributed by atoms with E-state index < -0.39 is 5.44 Å². The molecular weight excluding hydrogens is 264 g/mol. The Morgan fingerprint density at radius 2 is 1.35 bits per heavy atom. The van der Waals surface area contributed by atoms with Crippen molar-refractivity contribution in [2.75, 3.05) is 0 Å². The van der Waals surface area contributed by atoms with E-state index >= 15 is 0 Å². The second kappa shape index (κ2) is 16.8. The first kappa shape index (κ1) is 19.8. The minimum atomic E-state index is -0.423. The van der Waals surface area contributed by atoms with Gasteiger partial charge in [0, 0.05) is 0 Å². The minimum Gasteiger partial charge on any atom is -0.383 e. The van der Waals surface area contributed by atoms with E-state index in [2.05, 4.69) is 43.9 Å². The molecule has 0 rings (SSSR count). The van der Waals surface area contributed by atoms with Crippen molar-refractivity contribution in [3.63, 3.8) is 0 Å². The van der Waals surface area contributed by atoms with E-state index in [0.717, 1.165) is 19.3 Å². The Balaban J connectivity index is 3.16. The molecule has 0 saturated carbocycles. The molecule has 0 aromatic carbocycles. The van der Waals surface area contributed by atoms with Crippen molar-refractivity contribution < 1.29 is 5.11 Å². The van der Waals surface area contributed by atoms with Crippen LogP contribution in [0.15, 0.2) is 24.3 Å². The summed E-state index contributed by atoms with van der Waals surface area (Å²) in [5.74, 6) is 0. The molecule has 1 nitrogen and oxygen atoms in total. The summed E-state index contributed by atoms with van der Waals surface area (Å²) in [6.45, 7) is 2.25. The van der Waals surface area contributed by atoms with E-state index in [4.69, 9.17) is 5.11 Å². The SMILES string of the molecule is CCCCC/C=C\C/C=C\CCCCCCCC(O)S. The molecule has 0 aromatic heterocycles. The lowest BCUT2D eigenvalue weighted by Gasteiger charge is -2.02. The molecule has 0 bridgehead atoms. The van der Waals surface area contributed by atoms with Crippen molar-refractivity contribution in [2.45, 2.75) is 89.4 Å². The highest BCUT2D eigenvalue weighted by Gasteiger charge is 1.95. The van der Waals surface area contributed by atoms with Gasteiger partial charge in [-0.25, -0.2) is 0 Å². The molecule has 0 radical (unpaired) electrons. The highest BCUT2D eigenvalue weighted by atomic mass is 32.1. The zero-order chi connectivity index (χ0) is 14.9. The van der Waals surface area contributed by atoms with Crippen molar-refractivity contribution in [1.29, 1.82) is 0 Å². The van der Waals surface area contributed by atoms with Crippen molar-refractivity contribution in [3.05, 3.63) is 24.3 Å². The normalized spacial score (nSPS) is 13.6. The number of thiol groups is 1. The fraction of sp³-hybridized carbons (Fsp3) is 0.778. The van der Waals surface area contributed by atoms with Gasteiger partial charge in [0.25, 0.3) is 0 Å². The van der Waals surface area contributed by atoms with Gasteiger partial charge in [0.15, 0.2) is 0 Å². The van der Waals surface area contributed by atoms with Crippen molar-refractivity contribution in [2.24, 2.45) is 0 Å². The van der Waals surface area contributed by atoms with Gasteiger partial charge >= 0.3 is 0 Å². The van der Waals surface area contributed by atoms with E-state index in [-0.39, 0.29) is 0 Å². The lowest BCUT2D eigenvalue weighted by molar-refractivity contribution is 0.249. The standard InChI is InChI=1S/C18H34OS/c1-2-3-4-5-6-7-8-9-10-11-12-13-14-15-16-17-18(19)20/h6-7,9-10,18-20H,2-5,8,11-17H2,1H3/b7-6-,10-9-. The summed E-state index contributed by atoms with van der Waals surface area (Å²) in [6.07, 6.45) is 23.8. The fourth-order valence-corrected chi connectivity index (χ4v) is 2.32. The Morgan fingerprint density at radius 1 is 0.800 bits per heavy atom. The number of hydrogen-bond acceptors (Lipinski definition) is 2. The third kappa shape index (κ3) is 17.8. The van der Waals surface area contributed by atoms with E-state index in [9.17, 15) is 0 Å². The molecule has 1 unspecified atom stereocenters. The molecule has 0 aromatic rings. The second-order valence-corrected chi connectivity index (χ2v) is 6.10.